The average molecular weight is 399 g/mol. The number of carbonyl (C=O) groups excluding carboxylic acids is 3. The molecule has 2 N–H and O–H groups in total. The highest BCUT2D eigenvalue weighted by atomic mass is 16.5. The Hall–Kier alpha value is -3.09. The summed E-state index contributed by atoms with van der Waals surface area (Å²) in [5, 5.41) is 5.39. The zero-order valence-corrected chi connectivity index (χ0v) is 17.8. The smallest absolute Gasteiger partial charge is 0.355 e. The topological polar surface area (TPSA) is 89.4 Å². The van der Waals surface area contributed by atoms with Crippen molar-refractivity contribution in [3.05, 3.63) is 53.3 Å². The second-order valence-corrected chi connectivity index (χ2v) is 7.96. The number of hydrogen-bond donors (Lipinski definition) is 2. The van der Waals surface area contributed by atoms with Crippen molar-refractivity contribution in [2.24, 2.45) is 7.05 Å². The fourth-order valence-electron chi connectivity index (χ4n) is 2.76. The highest BCUT2D eigenvalue weighted by molar-refractivity contribution is 6.01. The number of aromatic nitrogens is 1. The van der Waals surface area contributed by atoms with Gasteiger partial charge in [-0.2, -0.15) is 0 Å². The molecule has 2 amide bonds. The monoisotopic (exact) mass is 399 g/mol. The predicted molar refractivity (Wildman–Crippen MR) is 112 cm³/mol. The highest BCUT2D eigenvalue weighted by Gasteiger charge is 2.20. The van der Waals surface area contributed by atoms with Crippen molar-refractivity contribution in [2.75, 3.05) is 11.9 Å². The van der Waals surface area contributed by atoms with Crippen molar-refractivity contribution in [3.63, 3.8) is 0 Å². The first-order valence-electron chi connectivity index (χ1n) is 9.58. The van der Waals surface area contributed by atoms with Crippen molar-refractivity contribution < 1.29 is 19.1 Å². The van der Waals surface area contributed by atoms with Gasteiger partial charge in [-0.15, -0.1) is 0 Å². The largest absolute Gasteiger partial charge is 0.461 e. The van der Waals surface area contributed by atoms with Crippen LogP contribution in [0.4, 0.5) is 5.69 Å². The summed E-state index contributed by atoms with van der Waals surface area (Å²) in [6.07, 6.45) is 1.61. The molecule has 156 valence electrons. The molecule has 0 radical (unpaired) electrons. The van der Waals surface area contributed by atoms with Gasteiger partial charge in [-0.05, 0) is 43.0 Å². The van der Waals surface area contributed by atoms with E-state index in [0.29, 0.717) is 16.9 Å². The van der Waals surface area contributed by atoms with E-state index in [2.05, 4.69) is 31.4 Å². The molecular formula is C22H29N3O4. The lowest BCUT2D eigenvalue weighted by Gasteiger charge is -2.19. The first-order chi connectivity index (χ1) is 13.5. The molecule has 29 heavy (non-hydrogen) atoms. The van der Waals surface area contributed by atoms with E-state index in [1.54, 1.807) is 43.8 Å². The van der Waals surface area contributed by atoms with Gasteiger partial charge in [-0.1, -0.05) is 32.9 Å². The molecule has 0 saturated heterocycles. The van der Waals surface area contributed by atoms with Crippen LogP contribution in [0.25, 0.3) is 0 Å². The number of nitrogens with zero attached hydrogens (tertiary/aromatic N) is 1. The van der Waals surface area contributed by atoms with E-state index in [1.807, 2.05) is 12.1 Å². The summed E-state index contributed by atoms with van der Waals surface area (Å²) in [6.45, 7) is 9.91. The molecule has 0 saturated carbocycles. The number of aryl methyl sites for hydroxylation is 1. The third-order valence-electron chi connectivity index (χ3n) is 4.51. The maximum atomic E-state index is 12.4. The van der Waals surface area contributed by atoms with Gasteiger partial charge in [-0.3, -0.25) is 9.59 Å². The van der Waals surface area contributed by atoms with Gasteiger partial charge < -0.3 is 19.9 Å². The van der Waals surface area contributed by atoms with Crippen LogP contribution in [0.1, 0.15) is 61.0 Å². The van der Waals surface area contributed by atoms with Crippen LogP contribution in [-0.4, -0.2) is 35.0 Å². The third kappa shape index (κ3) is 5.70. The number of esters is 1. The molecule has 1 unspecified atom stereocenters. The fourth-order valence-corrected chi connectivity index (χ4v) is 2.76. The molecule has 1 atom stereocenters. The van der Waals surface area contributed by atoms with E-state index in [9.17, 15) is 14.4 Å². The molecule has 0 aliphatic heterocycles. The van der Waals surface area contributed by atoms with E-state index < -0.39 is 12.0 Å². The Balaban J connectivity index is 1.99. The van der Waals surface area contributed by atoms with Gasteiger partial charge in [0.05, 0.1) is 12.3 Å². The van der Waals surface area contributed by atoms with Gasteiger partial charge in [0.2, 0.25) is 5.91 Å². The zero-order valence-electron chi connectivity index (χ0n) is 17.8. The number of nitrogens with one attached hydrogen (secondary N) is 2. The van der Waals surface area contributed by atoms with Crippen molar-refractivity contribution in [1.29, 1.82) is 0 Å². The zero-order chi connectivity index (χ0) is 21.8. The summed E-state index contributed by atoms with van der Waals surface area (Å²) in [7, 11) is 1.69. The quantitative estimate of drug-likeness (QED) is 0.730. The first-order valence-corrected chi connectivity index (χ1v) is 9.58. The summed E-state index contributed by atoms with van der Waals surface area (Å²) in [6, 6.07) is 8.12. The van der Waals surface area contributed by atoms with Crippen molar-refractivity contribution in [3.8, 4) is 0 Å². The van der Waals surface area contributed by atoms with E-state index in [-0.39, 0.29) is 23.8 Å². The molecule has 0 bridgehead atoms. The fraction of sp³-hybridized carbons (Fsp3) is 0.409. The van der Waals surface area contributed by atoms with E-state index >= 15 is 0 Å². The normalized spacial score (nSPS) is 12.2. The predicted octanol–water partition coefficient (Wildman–Crippen LogP) is 3.26. The lowest BCUT2D eigenvalue weighted by atomic mass is 9.86. The maximum absolute atomic E-state index is 12.4. The molecule has 1 aromatic carbocycles. The summed E-state index contributed by atoms with van der Waals surface area (Å²) in [4.78, 5) is 36.7. The number of hydrogen-bond acceptors (Lipinski definition) is 4. The standard InChI is InChI=1S/C22H29N3O4/c1-7-29-21(28)18-12-17(13-25(18)6)24-19(26)14(2)23-20(27)15-8-10-16(11-9-15)22(3,4)5/h8-14H,7H2,1-6H3,(H,23,27)(H,24,26). The Morgan fingerprint density at radius 2 is 1.76 bits per heavy atom. The van der Waals surface area contributed by atoms with E-state index in [1.165, 1.54) is 6.07 Å². The molecule has 7 heteroatoms. The number of anilines is 1. The lowest BCUT2D eigenvalue weighted by Crippen LogP contribution is -2.41. The summed E-state index contributed by atoms with van der Waals surface area (Å²) in [5.74, 6) is -1.17. The van der Waals surface area contributed by atoms with E-state index in [4.69, 9.17) is 4.74 Å². The molecule has 1 heterocycles. The van der Waals surface area contributed by atoms with Crippen LogP contribution in [0.2, 0.25) is 0 Å². The second-order valence-electron chi connectivity index (χ2n) is 7.96. The van der Waals surface area contributed by atoms with Crippen molar-refractivity contribution in [2.45, 2.75) is 46.1 Å². The second kappa shape index (κ2) is 8.94. The molecule has 7 nitrogen and oxygen atoms in total. The van der Waals surface area contributed by atoms with Crippen LogP contribution in [-0.2, 0) is 22.0 Å². The molecule has 0 fully saturated rings. The summed E-state index contributed by atoms with van der Waals surface area (Å²) >= 11 is 0. The van der Waals surface area contributed by atoms with Gasteiger partial charge in [0.15, 0.2) is 0 Å². The van der Waals surface area contributed by atoms with Gasteiger partial charge >= 0.3 is 5.97 Å². The number of ether oxygens (including phenoxy) is 1. The van der Waals surface area contributed by atoms with Crippen LogP contribution in [0, 0.1) is 0 Å². The van der Waals surface area contributed by atoms with E-state index in [0.717, 1.165) is 5.56 Å². The lowest BCUT2D eigenvalue weighted by molar-refractivity contribution is -0.117. The maximum Gasteiger partial charge on any atom is 0.355 e. The van der Waals surface area contributed by atoms with Crippen LogP contribution < -0.4 is 10.6 Å². The molecule has 0 spiro atoms. The Labute approximate surface area is 171 Å². The summed E-state index contributed by atoms with van der Waals surface area (Å²) < 4.78 is 6.55. The number of amides is 2. The molecule has 2 rings (SSSR count). The van der Waals surface area contributed by atoms with Crippen LogP contribution in [0.3, 0.4) is 0 Å². The van der Waals surface area contributed by atoms with Crippen molar-refractivity contribution >= 4 is 23.5 Å². The minimum atomic E-state index is -0.754. The Morgan fingerprint density at radius 1 is 1.14 bits per heavy atom. The van der Waals surface area contributed by atoms with Crippen LogP contribution in [0.5, 0.6) is 0 Å². The van der Waals surface area contributed by atoms with Crippen LogP contribution >= 0.6 is 0 Å². The van der Waals surface area contributed by atoms with Gasteiger partial charge in [0, 0.05) is 18.8 Å². The Kier molecular flexibility index (Phi) is 6.84. The average Bonchev–Trinajstić information content (AvgIpc) is 3.01. The third-order valence-corrected chi connectivity index (χ3v) is 4.51. The van der Waals surface area contributed by atoms with Crippen molar-refractivity contribution in [1.82, 2.24) is 9.88 Å². The number of carbonyl (C=O) groups is 3. The number of benzene rings is 1. The number of rotatable bonds is 6. The van der Waals surface area contributed by atoms with Gasteiger partial charge in [0.25, 0.3) is 5.91 Å². The Morgan fingerprint density at radius 3 is 2.31 bits per heavy atom. The first kappa shape index (κ1) is 22.2. The highest BCUT2D eigenvalue weighted by Crippen LogP contribution is 2.22. The molecule has 2 aromatic rings. The minimum absolute atomic E-state index is 0.000270. The Bertz CT molecular complexity index is 892. The minimum Gasteiger partial charge on any atom is -0.461 e. The van der Waals surface area contributed by atoms with Crippen LogP contribution in [0.15, 0.2) is 36.5 Å². The molecule has 1 aromatic heterocycles. The molecule has 0 aliphatic rings. The summed E-state index contributed by atoms with van der Waals surface area (Å²) in [5.41, 5.74) is 2.40. The molecule has 0 aliphatic carbocycles. The van der Waals surface area contributed by atoms with Gasteiger partial charge in [0.1, 0.15) is 11.7 Å². The van der Waals surface area contributed by atoms with Gasteiger partial charge in [-0.25, -0.2) is 4.79 Å². The SMILES string of the molecule is CCOC(=O)c1cc(NC(=O)C(C)NC(=O)c2ccc(C(C)(C)C)cc2)cn1C. The molecular weight excluding hydrogens is 370 g/mol.